The number of Topliss-reactive ketones (excluding diaryl/α,β-unsaturated/α-hetero) is 1. The molecule has 0 amide bonds. The van der Waals surface area contributed by atoms with Crippen molar-refractivity contribution < 1.29 is 4.79 Å². The van der Waals surface area contributed by atoms with Gasteiger partial charge in [0.05, 0.1) is 0 Å². The highest BCUT2D eigenvalue weighted by molar-refractivity contribution is 5.98. The average molecular weight is 359 g/mol. The lowest BCUT2D eigenvalue weighted by Gasteiger charge is -2.32. The number of carbonyl (C=O) groups excluding carboxylic acids is 1. The Morgan fingerprint density at radius 3 is 2.58 bits per heavy atom. The van der Waals surface area contributed by atoms with Gasteiger partial charge in [-0.3, -0.25) is 4.79 Å². The Labute approximate surface area is 158 Å². The fourth-order valence-corrected chi connectivity index (χ4v) is 4.00. The van der Waals surface area contributed by atoms with Gasteiger partial charge >= 0.3 is 0 Å². The van der Waals surface area contributed by atoms with Crippen molar-refractivity contribution in [2.45, 2.75) is 39.5 Å². The lowest BCUT2D eigenvalue weighted by Crippen LogP contribution is -2.44. The summed E-state index contributed by atoms with van der Waals surface area (Å²) < 4.78 is 0. The highest BCUT2D eigenvalue weighted by atomic mass is 16.1. The summed E-state index contributed by atoms with van der Waals surface area (Å²) in [5, 5.41) is 7.03. The van der Waals surface area contributed by atoms with Crippen LogP contribution in [0.25, 0.3) is 0 Å². The molecular formula is C21H34N4O. The first-order valence-electron chi connectivity index (χ1n) is 10.3. The van der Waals surface area contributed by atoms with Crippen LogP contribution < -0.4 is 15.5 Å². The molecule has 2 saturated heterocycles. The van der Waals surface area contributed by atoms with E-state index < -0.39 is 0 Å². The number of nitrogens with one attached hydrogen (secondary N) is 2. The molecule has 2 fully saturated rings. The van der Waals surface area contributed by atoms with Crippen molar-refractivity contribution in [2.75, 3.05) is 62.6 Å². The predicted octanol–water partition coefficient (Wildman–Crippen LogP) is 2.90. The highest BCUT2D eigenvalue weighted by Crippen LogP contribution is 2.30. The van der Waals surface area contributed by atoms with Crippen LogP contribution in [0.15, 0.2) is 12.1 Å². The number of hydrogen-bond acceptors (Lipinski definition) is 5. The normalized spacial score (nSPS) is 18.3. The molecule has 0 aromatic heterocycles. The van der Waals surface area contributed by atoms with Crippen LogP contribution in [0.1, 0.15) is 48.5 Å². The third-order valence-corrected chi connectivity index (χ3v) is 5.58. The molecule has 1 aromatic rings. The van der Waals surface area contributed by atoms with Crippen molar-refractivity contribution in [3.05, 3.63) is 23.3 Å². The van der Waals surface area contributed by atoms with Crippen LogP contribution in [-0.2, 0) is 0 Å². The second-order valence-corrected chi connectivity index (χ2v) is 7.55. The third kappa shape index (κ3) is 4.77. The van der Waals surface area contributed by atoms with Crippen LogP contribution >= 0.6 is 0 Å². The van der Waals surface area contributed by atoms with E-state index in [0.717, 1.165) is 56.9 Å². The fraction of sp³-hybridized carbons (Fsp3) is 0.667. The maximum atomic E-state index is 12.6. The molecule has 3 rings (SSSR count). The van der Waals surface area contributed by atoms with Gasteiger partial charge in [0.15, 0.2) is 5.78 Å². The van der Waals surface area contributed by atoms with Gasteiger partial charge in [0.1, 0.15) is 0 Å². The molecule has 2 aliphatic heterocycles. The summed E-state index contributed by atoms with van der Waals surface area (Å²) in [5.74, 6) is 0.256. The van der Waals surface area contributed by atoms with Crippen LogP contribution in [-0.4, -0.2) is 63.0 Å². The Kier molecular flexibility index (Phi) is 6.92. The van der Waals surface area contributed by atoms with Crippen LogP contribution in [0.4, 0.5) is 11.4 Å². The molecular weight excluding hydrogens is 324 g/mol. The Balaban J connectivity index is 1.78. The maximum Gasteiger partial charge on any atom is 0.163 e. The number of anilines is 2. The van der Waals surface area contributed by atoms with E-state index in [1.807, 2.05) is 0 Å². The average Bonchev–Trinajstić information content (AvgIpc) is 3.17. The summed E-state index contributed by atoms with van der Waals surface area (Å²) in [6.45, 7) is 12.7. The monoisotopic (exact) mass is 358 g/mol. The van der Waals surface area contributed by atoms with Crippen LogP contribution in [0.2, 0.25) is 0 Å². The lowest BCUT2D eigenvalue weighted by atomic mass is 10.0. The van der Waals surface area contributed by atoms with E-state index in [2.05, 4.69) is 46.4 Å². The summed E-state index contributed by atoms with van der Waals surface area (Å²) in [4.78, 5) is 17.5. The Hall–Kier alpha value is -1.59. The van der Waals surface area contributed by atoms with E-state index in [9.17, 15) is 4.79 Å². The molecule has 0 bridgehead atoms. The smallest absolute Gasteiger partial charge is 0.163 e. The van der Waals surface area contributed by atoms with Gasteiger partial charge in [-0.05, 0) is 57.0 Å². The molecule has 2 N–H and O–H groups in total. The molecule has 0 spiro atoms. The molecule has 5 heteroatoms. The van der Waals surface area contributed by atoms with E-state index >= 15 is 0 Å². The summed E-state index contributed by atoms with van der Waals surface area (Å²) in [6, 6.07) is 4.19. The Morgan fingerprint density at radius 2 is 1.88 bits per heavy atom. The molecule has 26 heavy (non-hydrogen) atoms. The quantitative estimate of drug-likeness (QED) is 0.700. The largest absolute Gasteiger partial charge is 0.383 e. The zero-order chi connectivity index (χ0) is 18.4. The number of nitrogens with zero attached hydrogens (tertiary/aromatic N) is 2. The number of rotatable bonds is 8. The molecule has 0 unspecified atom stereocenters. The summed E-state index contributed by atoms with van der Waals surface area (Å²) >= 11 is 0. The zero-order valence-electron chi connectivity index (χ0n) is 16.4. The fourth-order valence-electron chi connectivity index (χ4n) is 4.00. The van der Waals surface area contributed by atoms with Crippen LogP contribution in [0.3, 0.4) is 0 Å². The van der Waals surface area contributed by atoms with Gasteiger partial charge in [0.25, 0.3) is 0 Å². The van der Waals surface area contributed by atoms with Gasteiger partial charge < -0.3 is 20.4 Å². The van der Waals surface area contributed by atoms with Crippen molar-refractivity contribution in [1.82, 2.24) is 10.2 Å². The molecule has 0 aliphatic carbocycles. The predicted molar refractivity (Wildman–Crippen MR) is 110 cm³/mol. The molecule has 0 saturated carbocycles. The van der Waals surface area contributed by atoms with Gasteiger partial charge in [-0.1, -0.05) is 6.92 Å². The second-order valence-electron chi connectivity index (χ2n) is 7.55. The number of likely N-dealkylation sites (tertiary alicyclic amines) is 1. The Bertz CT molecular complexity index is 604. The standard InChI is InChI=1S/C21H34N4O/c1-3-6-21(26)18-15-19(23-9-12-24-10-4-5-11-24)17(2)20(16-18)25-13-7-22-8-14-25/h15-16,22-23H,3-14H2,1-2H3. The van der Waals surface area contributed by atoms with Crippen LogP contribution in [0, 0.1) is 6.92 Å². The van der Waals surface area contributed by atoms with Gasteiger partial charge in [-0.15, -0.1) is 0 Å². The molecule has 144 valence electrons. The van der Waals surface area contributed by atoms with E-state index in [4.69, 9.17) is 0 Å². The van der Waals surface area contributed by atoms with E-state index in [-0.39, 0.29) is 5.78 Å². The minimum Gasteiger partial charge on any atom is -0.383 e. The van der Waals surface area contributed by atoms with E-state index in [1.54, 1.807) is 0 Å². The van der Waals surface area contributed by atoms with Crippen molar-refractivity contribution in [3.63, 3.8) is 0 Å². The lowest BCUT2D eigenvalue weighted by molar-refractivity contribution is 0.0982. The molecule has 2 heterocycles. The molecule has 5 nitrogen and oxygen atoms in total. The Morgan fingerprint density at radius 1 is 1.15 bits per heavy atom. The third-order valence-electron chi connectivity index (χ3n) is 5.58. The summed E-state index contributed by atoms with van der Waals surface area (Å²) in [5.41, 5.74) is 4.47. The van der Waals surface area contributed by atoms with Crippen molar-refractivity contribution >= 4 is 17.2 Å². The van der Waals surface area contributed by atoms with E-state index in [1.165, 1.54) is 37.2 Å². The maximum absolute atomic E-state index is 12.6. The van der Waals surface area contributed by atoms with Crippen molar-refractivity contribution in [3.8, 4) is 0 Å². The van der Waals surface area contributed by atoms with Crippen molar-refractivity contribution in [1.29, 1.82) is 0 Å². The first-order valence-corrected chi connectivity index (χ1v) is 10.3. The van der Waals surface area contributed by atoms with Gasteiger partial charge in [-0.2, -0.15) is 0 Å². The molecule has 0 radical (unpaired) electrons. The molecule has 0 atom stereocenters. The van der Waals surface area contributed by atoms with Crippen LogP contribution in [0.5, 0.6) is 0 Å². The highest BCUT2D eigenvalue weighted by Gasteiger charge is 2.18. The molecule has 2 aliphatic rings. The first-order chi connectivity index (χ1) is 12.7. The number of carbonyl (C=O) groups is 1. The summed E-state index contributed by atoms with van der Waals surface area (Å²) in [7, 11) is 0. The minimum atomic E-state index is 0.256. The van der Waals surface area contributed by atoms with Gasteiger partial charge in [0.2, 0.25) is 0 Å². The topological polar surface area (TPSA) is 47.6 Å². The van der Waals surface area contributed by atoms with Gasteiger partial charge in [0, 0.05) is 62.6 Å². The summed E-state index contributed by atoms with van der Waals surface area (Å²) in [6.07, 6.45) is 4.17. The van der Waals surface area contributed by atoms with Gasteiger partial charge in [-0.25, -0.2) is 0 Å². The number of piperazine rings is 1. The first kappa shape index (κ1) is 19.2. The minimum absolute atomic E-state index is 0.256. The zero-order valence-corrected chi connectivity index (χ0v) is 16.4. The van der Waals surface area contributed by atoms with Crippen molar-refractivity contribution in [2.24, 2.45) is 0 Å². The number of hydrogen-bond donors (Lipinski definition) is 2. The number of ketones is 1. The SMILES string of the molecule is CCCC(=O)c1cc(NCCN2CCCC2)c(C)c(N2CCNCC2)c1. The van der Waals surface area contributed by atoms with E-state index in [0.29, 0.717) is 6.42 Å². The number of benzene rings is 1. The second kappa shape index (κ2) is 9.38. The molecule has 1 aromatic carbocycles.